The molecule has 0 bridgehead atoms. The highest BCUT2D eigenvalue weighted by atomic mass is 35.5. The average Bonchev–Trinajstić information content (AvgIpc) is 2.55. The van der Waals surface area contributed by atoms with Crippen molar-refractivity contribution < 1.29 is 24.2 Å². The van der Waals surface area contributed by atoms with Crippen molar-refractivity contribution >= 4 is 46.6 Å². The third-order valence-electron chi connectivity index (χ3n) is 4.29. The van der Waals surface area contributed by atoms with Crippen LogP contribution in [0, 0.1) is 17.2 Å². The number of rotatable bonds is 7. The Morgan fingerprint density at radius 3 is 2.54 bits per heavy atom. The Morgan fingerprint density at radius 1 is 1.35 bits per heavy atom. The van der Waals surface area contributed by atoms with Crippen molar-refractivity contribution in [2.45, 2.75) is 32.6 Å². The highest BCUT2D eigenvalue weighted by molar-refractivity contribution is 6.63. The van der Waals surface area contributed by atoms with Crippen molar-refractivity contribution in [1.82, 2.24) is 5.32 Å². The lowest BCUT2D eigenvalue weighted by molar-refractivity contribution is -0.144. The van der Waals surface area contributed by atoms with Crippen LogP contribution in [0.25, 0.3) is 0 Å². The Bertz CT molecular complexity index is 766. The van der Waals surface area contributed by atoms with E-state index < -0.39 is 41.4 Å². The molecule has 0 aromatic heterocycles. The van der Waals surface area contributed by atoms with Gasteiger partial charge in [0.2, 0.25) is 5.91 Å². The minimum atomic E-state index is -1.09. The van der Waals surface area contributed by atoms with Crippen LogP contribution >= 0.6 is 23.2 Å². The van der Waals surface area contributed by atoms with Crippen LogP contribution in [0.2, 0.25) is 10.0 Å². The Balaban J connectivity index is 1.95. The van der Waals surface area contributed by atoms with Gasteiger partial charge in [0.25, 0.3) is 0 Å². The van der Waals surface area contributed by atoms with Gasteiger partial charge in [0.15, 0.2) is 11.5 Å². The Kier molecular flexibility index (Phi) is 6.39. The number of ketones is 1. The Morgan fingerprint density at radius 2 is 2.00 bits per heavy atom. The normalized spacial score (nSPS) is 21.2. The molecular weight excluding hydrogens is 383 g/mol. The van der Waals surface area contributed by atoms with Crippen LogP contribution in [-0.2, 0) is 25.7 Å². The van der Waals surface area contributed by atoms with Gasteiger partial charge in [0.05, 0.1) is 18.1 Å². The molecule has 4 atom stereocenters. The van der Waals surface area contributed by atoms with Crippen LogP contribution in [0.1, 0.15) is 19.4 Å². The van der Waals surface area contributed by atoms with E-state index in [2.05, 4.69) is 5.32 Å². The van der Waals surface area contributed by atoms with Crippen molar-refractivity contribution in [2.75, 3.05) is 0 Å². The highest BCUT2D eigenvalue weighted by Gasteiger charge is 2.48. The van der Waals surface area contributed by atoms with Gasteiger partial charge in [0.1, 0.15) is 6.61 Å². The lowest BCUT2D eigenvalue weighted by Crippen LogP contribution is -2.65. The zero-order valence-electron chi connectivity index (χ0n) is 14.1. The summed E-state index contributed by atoms with van der Waals surface area (Å²) in [4.78, 5) is 35.8. The van der Waals surface area contributed by atoms with E-state index in [0.29, 0.717) is 15.6 Å². The number of esters is 1. The van der Waals surface area contributed by atoms with E-state index in [1.165, 1.54) is 19.9 Å². The number of amides is 1. The fourth-order valence-corrected chi connectivity index (χ4v) is 3.18. The van der Waals surface area contributed by atoms with Gasteiger partial charge in [-0.2, -0.15) is 0 Å². The lowest BCUT2D eigenvalue weighted by atomic mass is 9.76. The fraction of sp³-hybridized carbons (Fsp3) is 0.412. The molecule has 1 fully saturated rings. The van der Waals surface area contributed by atoms with Crippen LogP contribution in [0.15, 0.2) is 18.2 Å². The topological polar surface area (TPSA) is 117 Å². The number of β-lactam (4-membered cyclic amide) rings is 1. The standard InChI is InChI=1S/C17H18Cl2N2O5/c1-7(14-12(8(2)22)16(24)21-14)15(23)13(20)17(25)26-6-9-3-4-10(18)5-11(9)19/h3-5,7-8,12,14,20,22H,6H2,1-2H3,(H,21,24). The van der Waals surface area contributed by atoms with Crippen LogP contribution in [0.3, 0.4) is 0 Å². The summed E-state index contributed by atoms with van der Waals surface area (Å²) in [5.41, 5.74) is -0.341. The second-order valence-corrected chi connectivity index (χ2v) is 6.98. The molecule has 1 aliphatic heterocycles. The molecule has 4 unspecified atom stereocenters. The molecule has 1 aromatic rings. The third kappa shape index (κ3) is 4.23. The molecule has 26 heavy (non-hydrogen) atoms. The monoisotopic (exact) mass is 400 g/mol. The molecule has 0 radical (unpaired) electrons. The van der Waals surface area contributed by atoms with Crippen molar-refractivity contribution in [1.29, 1.82) is 5.41 Å². The van der Waals surface area contributed by atoms with E-state index >= 15 is 0 Å². The van der Waals surface area contributed by atoms with Crippen molar-refractivity contribution in [2.24, 2.45) is 11.8 Å². The Hall–Kier alpha value is -1.96. The molecule has 1 aliphatic rings. The number of aliphatic hydroxyl groups excluding tert-OH is 1. The molecule has 1 amide bonds. The minimum absolute atomic E-state index is 0.213. The van der Waals surface area contributed by atoms with E-state index in [0.717, 1.165) is 0 Å². The minimum Gasteiger partial charge on any atom is -0.456 e. The van der Waals surface area contributed by atoms with Crippen molar-refractivity contribution in [3.63, 3.8) is 0 Å². The summed E-state index contributed by atoms with van der Waals surface area (Å²) in [5.74, 6) is -3.81. The summed E-state index contributed by atoms with van der Waals surface area (Å²) in [6, 6.07) is 4.00. The van der Waals surface area contributed by atoms with Gasteiger partial charge >= 0.3 is 5.97 Å². The number of benzene rings is 1. The van der Waals surface area contributed by atoms with E-state index in [1.54, 1.807) is 12.1 Å². The first kappa shape index (κ1) is 20.4. The SMILES string of the molecule is CC(O)C1C(=O)NC1C(C)C(=O)C(=N)C(=O)OCc1ccc(Cl)cc1Cl. The predicted octanol–water partition coefficient (Wildman–Crippen LogP) is 1.76. The maximum atomic E-state index is 12.3. The molecule has 0 aliphatic carbocycles. The zero-order chi connectivity index (χ0) is 19.6. The Labute approximate surface area is 160 Å². The number of carbonyl (C=O) groups excluding carboxylic acids is 3. The molecule has 2 rings (SSSR count). The summed E-state index contributed by atoms with van der Waals surface area (Å²) < 4.78 is 4.96. The smallest absolute Gasteiger partial charge is 0.360 e. The predicted molar refractivity (Wildman–Crippen MR) is 95.3 cm³/mol. The first-order valence-corrected chi connectivity index (χ1v) is 8.61. The largest absolute Gasteiger partial charge is 0.456 e. The number of hydrogen-bond donors (Lipinski definition) is 3. The quantitative estimate of drug-likeness (QED) is 0.279. The second kappa shape index (κ2) is 8.16. The maximum Gasteiger partial charge on any atom is 0.360 e. The number of hydrogen-bond acceptors (Lipinski definition) is 6. The first-order chi connectivity index (χ1) is 12.1. The van der Waals surface area contributed by atoms with Gasteiger partial charge in [-0.15, -0.1) is 0 Å². The van der Waals surface area contributed by atoms with Gasteiger partial charge in [-0.05, 0) is 19.1 Å². The van der Waals surface area contributed by atoms with Gasteiger partial charge in [-0.3, -0.25) is 15.0 Å². The maximum absolute atomic E-state index is 12.3. The summed E-state index contributed by atoms with van der Waals surface area (Å²) in [6.07, 6.45) is -0.933. The number of aliphatic hydroxyl groups is 1. The highest BCUT2D eigenvalue weighted by Crippen LogP contribution is 2.26. The molecule has 7 nitrogen and oxygen atoms in total. The molecule has 1 heterocycles. The third-order valence-corrected chi connectivity index (χ3v) is 4.88. The van der Waals surface area contributed by atoms with Gasteiger partial charge in [0, 0.05) is 21.5 Å². The van der Waals surface area contributed by atoms with E-state index in [-0.39, 0.29) is 12.5 Å². The van der Waals surface area contributed by atoms with E-state index in [4.69, 9.17) is 33.3 Å². The van der Waals surface area contributed by atoms with Crippen LogP contribution in [0.4, 0.5) is 0 Å². The summed E-state index contributed by atoms with van der Waals surface area (Å²) in [5, 5.41) is 20.6. The fourth-order valence-electron chi connectivity index (χ4n) is 2.72. The lowest BCUT2D eigenvalue weighted by Gasteiger charge is -2.41. The number of nitrogens with one attached hydrogen (secondary N) is 2. The van der Waals surface area contributed by atoms with Crippen molar-refractivity contribution in [3.05, 3.63) is 33.8 Å². The van der Waals surface area contributed by atoms with Crippen LogP contribution in [-0.4, -0.2) is 40.6 Å². The van der Waals surface area contributed by atoms with Gasteiger partial charge in [-0.1, -0.05) is 36.2 Å². The zero-order valence-corrected chi connectivity index (χ0v) is 15.6. The molecule has 140 valence electrons. The number of carbonyl (C=O) groups is 3. The molecule has 3 N–H and O–H groups in total. The summed E-state index contributed by atoms with van der Waals surface area (Å²) in [6.45, 7) is 2.72. The first-order valence-electron chi connectivity index (χ1n) is 7.85. The molecule has 0 spiro atoms. The van der Waals surface area contributed by atoms with Gasteiger partial charge in [-0.25, -0.2) is 4.79 Å². The van der Waals surface area contributed by atoms with Crippen molar-refractivity contribution in [3.8, 4) is 0 Å². The summed E-state index contributed by atoms with van der Waals surface area (Å²) in [7, 11) is 0. The molecule has 1 aromatic carbocycles. The van der Waals surface area contributed by atoms with E-state index in [1.807, 2.05) is 0 Å². The molecule has 9 heteroatoms. The summed E-state index contributed by atoms with van der Waals surface area (Å²) >= 11 is 11.8. The second-order valence-electron chi connectivity index (χ2n) is 6.14. The number of ether oxygens (including phenoxy) is 1. The molecule has 1 saturated heterocycles. The molecule has 0 saturated carbocycles. The molecular formula is C17H18Cl2N2O5. The van der Waals surface area contributed by atoms with Crippen LogP contribution in [0.5, 0.6) is 0 Å². The number of Topliss-reactive ketones (excluding diaryl/α,β-unsaturated/α-hetero) is 1. The van der Waals surface area contributed by atoms with Crippen LogP contribution < -0.4 is 5.32 Å². The van der Waals surface area contributed by atoms with Gasteiger partial charge < -0.3 is 15.2 Å². The van der Waals surface area contributed by atoms with E-state index in [9.17, 15) is 19.5 Å². The average molecular weight is 401 g/mol. The number of halogens is 2.